The maximum absolute atomic E-state index is 12.2. The Kier molecular flexibility index (Phi) is 4.63. The quantitative estimate of drug-likeness (QED) is 0.684. The number of aromatic nitrogens is 1. The summed E-state index contributed by atoms with van der Waals surface area (Å²) < 4.78 is 0. The van der Waals surface area contributed by atoms with Crippen molar-refractivity contribution in [2.24, 2.45) is 0 Å². The summed E-state index contributed by atoms with van der Waals surface area (Å²) in [7, 11) is 0. The van der Waals surface area contributed by atoms with Crippen molar-refractivity contribution in [1.82, 2.24) is 4.98 Å². The number of benzene rings is 2. The number of pyridine rings is 1. The Bertz CT molecular complexity index is 1070. The molecule has 6 nitrogen and oxygen atoms in total. The molecule has 0 aliphatic heterocycles. The maximum Gasteiger partial charge on any atom is 0.303 e. The van der Waals surface area contributed by atoms with Gasteiger partial charge in [0.15, 0.2) is 11.5 Å². The zero-order valence-electron chi connectivity index (χ0n) is 13.6. The molecule has 26 heavy (non-hydrogen) atoms. The van der Waals surface area contributed by atoms with Gasteiger partial charge in [0.05, 0.1) is 17.7 Å². The Morgan fingerprint density at radius 3 is 2.46 bits per heavy atom. The molecule has 2 N–H and O–H groups in total. The van der Waals surface area contributed by atoms with Crippen LogP contribution in [0, 0.1) is 11.3 Å². The molecule has 6 heteroatoms. The SMILES string of the molecule is N#Cc1cc(-c2ccc3ccccc3c2)nc(C(=O)CCC(=O)O)c1O. The number of aliphatic carboxylic acids is 1. The fraction of sp³-hybridized carbons (Fsp3) is 0.100. The minimum atomic E-state index is -1.12. The van der Waals surface area contributed by atoms with Crippen LogP contribution in [-0.4, -0.2) is 26.9 Å². The summed E-state index contributed by atoms with van der Waals surface area (Å²) in [5, 5.41) is 30.1. The predicted octanol–water partition coefficient (Wildman–Crippen LogP) is 3.53. The minimum absolute atomic E-state index is 0.0816. The number of Topliss-reactive ketones (excluding diaryl/α,β-unsaturated/α-hetero) is 1. The van der Waals surface area contributed by atoms with Crippen LogP contribution in [0.25, 0.3) is 22.0 Å². The van der Waals surface area contributed by atoms with E-state index >= 15 is 0 Å². The van der Waals surface area contributed by atoms with Crippen LogP contribution >= 0.6 is 0 Å². The summed E-state index contributed by atoms with van der Waals surface area (Å²) in [6.07, 6.45) is -0.677. The predicted molar refractivity (Wildman–Crippen MR) is 94.8 cm³/mol. The molecule has 0 spiro atoms. The number of nitriles is 1. The Balaban J connectivity index is 2.09. The van der Waals surface area contributed by atoms with E-state index in [1.54, 1.807) is 0 Å². The molecule has 0 amide bonds. The average Bonchev–Trinajstić information content (AvgIpc) is 2.65. The highest BCUT2D eigenvalue weighted by atomic mass is 16.4. The smallest absolute Gasteiger partial charge is 0.303 e. The normalized spacial score (nSPS) is 10.4. The minimum Gasteiger partial charge on any atom is -0.504 e. The highest BCUT2D eigenvalue weighted by Crippen LogP contribution is 2.29. The highest BCUT2D eigenvalue weighted by Gasteiger charge is 2.19. The van der Waals surface area contributed by atoms with Crippen molar-refractivity contribution >= 4 is 22.5 Å². The van der Waals surface area contributed by atoms with Crippen LogP contribution in [-0.2, 0) is 4.79 Å². The van der Waals surface area contributed by atoms with E-state index in [2.05, 4.69) is 4.98 Å². The molecule has 0 unspecified atom stereocenters. The first-order valence-electron chi connectivity index (χ1n) is 7.88. The van der Waals surface area contributed by atoms with Crippen LogP contribution in [0.5, 0.6) is 5.75 Å². The van der Waals surface area contributed by atoms with Crippen LogP contribution in [0.1, 0.15) is 28.9 Å². The molecule has 0 aliphatic rings. The van der Waals surface area contributed by atoms with Gasteiger partial charge in [0.2, 0.25) is 0 Å². The molecular formula is C20H14N2O4. The summed E-state index contributed by atoms with van der Waals surface area (Å²) in [5.41, 5.74) is 0.687. The lowest BCUT2D eigenvalue weighted by molar-refractivity contribution is -0.136. The van der Waals surface area contributed by atoms with Gasteiger partial charge in [-0.3, -0.25) is 9.59 Å². The fourth-order valence-electron chi connectivity index (χ4n) is 2.65. The Hall–Kier alpha value is -3.72. The number of fused-ring (bicyclic) bond motifs is 1. The molecule has 0 bridgehead atoms. The van der Waals surface area contributed by atoms with Crippen molar-refractivity contribution in [3.63, 3.8) is 0 Å². The van der Waals surface area contributed by atoms with Gasteiger partial charge in [-0.2, -0.15) is 5.26 Å². The second kappa shape index (κ2) is 7.03. The number of carboxylic acid groups (broad SMARTS) is 1. The van der Waals surface area contributed by atoms with Crippen LogP contribution in [0.3, 0.4) is 0 Å². The topological polar surface area (TPSA) is 111 Å². The molecule has 2 aromatic carbocycles. The van der Waals surface area contributed by atoms with Crippen molar-refractivity contribution in [1.29, 1.82) is 5.26 Å². The molecule has 128 valence electrons. The average molecular weight is 346 g/mol. The van der Waals surface area contributed by atoms with Gasteiger partial charge in [-0.25, -0.2) is 4.98 Å². The van der Waals surface area contributed by atoms with E-state index in [1.807, 2.05) is 48.5 Å². The lowest BCUT2D eigenvalue weighted by atomic mass is 10.0. The van der Waals surface area contributed by atoms with Gasteiger partial charge in [0.1, 0.15) is 11.8 Å². The van der Waals surface area contributed by atoms with E-state index in [0.717, 1.165) is 10.8 Å². The Morgan fingerprint density at radius 2 is 1.77 bits per heavy atom. The van der Waals surface area contributed by atoms with Crippen LogP contribution < -0.4 is 0 Å². The van der Waals surface area contributed by atoms with Gasteiger partial charge >= 0.3 is 5.97 Å². The van der Waals surface area contributed by atoms with E-state index < -0.39 is 17.5 Å². The van der Waals surface area contributed by atoms with Gasteiger partial charge in [0.25, 0.3) is 0 Å². The van der Waals surface area contributed by atoms with Crippen molar-refractivity contribution in [3.05, 3.63) is 59.8 Å². The van der Waals surface area contributed by atoms with E-state index in [9.17, 15) is 20.0 Å². The summed E-state index contributed by atoms with van der Waals surface area (Å²) in [4.78, 5) is 27.1. The van der Waals surface area contributed by atoms with Gasteiger partial charge in [-0.1, -0.05) is 36.4 Å². The van der Waals surface area contributed by atoms with E-state index in [4.69, 9.17) is 5.11 Å². The molecule has 1 aromatic heterocycles. The third-order valence-electron chi connectivity index (χ3n) is 3.99. The van der Waals surface area contributed by atoms with Crippen LogP contribution in [0.2, 0.25) is 0 Å². The third-order valence-corrected chi connectivity index (χ3v) is 3.99. The molecule has 0 saturated carbocycles. The molecule has 3 rings (SSSR count). The highest BCUT2D eigenvalue weighted by molar-refractivity contribution is 5.99. The number of hydrogen-bond acceptors (Lipinski definition) is 5. The number of carboxylic acids is 1. The molecule has 0 atom stereocenters. The van der Waals surface area contributed by atoms with Crippen LogP contribution in [0.4, 0.5) is 0 Å². The summed E-state index contributed by atoms with van der Waals surface area (Å²) >= 11 is 0. The van der Waals surface area contributed by atoms with Crippen molar-refractivity contribution in [2.75, 3.05) is 0 Å². The molecule has 0 saturated heterocycles. The number of ketones is 1. The zero-order valence-corrected chi connectivity index (χ0v) is 13.6. The molecule has 0 aliphatic carbocycles. The monoisotopic (exact) mass is 346 g/mol. The second-order valence-electron chi connectivity index (χ2n) is 5.74. The fourth-order valence-corrected chi connectivity index (χ4v) is 2.65. The summed E-state index contributed by atoms with van der Waals surface area (Å²) in [5.74, 6) is -2.26. The summed E-state index contributed by atoms with van der Waals surface area (Å²) in [6, 6.07) is 16.6. The molecule has 3 aromatic rings. The van der Waals surface area contributed by atoms with Crippen molar-refractivity contribution in [2.45, 2.75) is 12.8 Å². The number of carbonyl (C=O) groups is 2. The number of rotatable bonds is 5. The van der Waals surface area contributed by atoms with Gasteiger partial charge in [0, 0.05) is 12.0 Å². The number of hydrogen-bond donors (Lipinski definition) is 2. The molecule has 0 radical (unpaired) electrons. The standard InChI is InChI=1S/C20H14N2O4/c21-11-15-10-16(14-6-5-12-3-1-2-4-13(12)9-14)22-19(20(15)26)17(23)7-8-18(24)25/h1-6,9-10,26H,7-8H2,(H,24,25). The molecular weight excluding hydrogens is 332 g/mol. The molecule has 0 fully saturated rings. The summed E-state index contributed by atoms with van der Waals surface area (Å²) in [6.45, 7) is 0. The Morgan fingerprint density at radius 1 is 1.04 bits per heavy atom. The van der Waals surface area contributed by atoms with Crippen molar-refractivity contribution < 1.29 is 19.8 Å². The number of carbonyl (C=O) groups excluding carboxylic acids is 1. The van der Waals surface area contributed by atoms with E-state index in [-0.39, 0.29) is 24.1 Å². The van der Waals surface area contributed by atoms with Crippen molar-refractivity contribution in [3.8, 4) is 23.1 Å². The van der Waals surface area contributed by atoms with E-state index in [0.29, 0.717) is 11.3 Å². The lowest BCUT2D eigenvalue weighted by Gasteiger charge is -2.09. The number of aromatic hydroxyl groups is 1. The maximum atomic E-state index is 12.2. The Labute approximate surface area is 149 Å². The van der Waals surface area contributed by atoms with Crippen LogP contribution in [0.15, 0.2) is 48.5 Å². The largest absolute Gasteiger partial charge is 0.504 e. The van der Waals surface area contributed by atoms with E-state index in [1.165, 1.54) is 6.07 Å². The first-order valence-corrected chi connectivity index (χ1v) is 7.88. The lowest BCUT2D eigenvalue weighted by Crippen LogP contribution is -2.08. The van der Waals surface area contributed by atoms with Gasteiger partial charge < -0.3 is 10.2 Å². The van der Waals surface area contributed by atoms with Gasteiger partial charge in [-0.05, 0) is 22.9 Å². The first kappa shape index (κ1) is 17.1. The van der Waals surface area contributed by atoms with Gasteiger partial charge in [-0.15, -0.1) is 0 Å². The number of nitrogens with zero attached hydrogens (tertiary/aromatic N) is 2. The zero-order chi connectivity index (χ0) is 18.7. The first-order chi connectivity index (χ1) is 12.5. The second-order valence-corrected chi connectivity index (χ2v) is 5.74. The molecule has 1 heterocycles. The third kappa shape index (κ3) is 3.37.